The number of aliphatic hydroxyl groups is 1. The number of hydrogen-bond donors (Lipinski definition) is 3. The standard InChI is InChI=1S/C14H22N2O/c15-12-5-6-13-11(10-12)4-7-14(13)16-8-2-1-3-9-17/h5-6,10,14,16-17H,1-4,7-9,15H2. The number of aryl methyl sites for hydroxylation is 1. The van der Waals surface area contributed by atoms with Crippen LogP contribution in [0.25, 0.3) is 0 Å². The molecule has 0 bridgehead atoms. The van der Waals surface area contributed by atoms with E-state index in [-0.39, 0.29) is 0 Å². The molecule has 0 radical (unpaired) electrons. The van der Waals surface area contributed by atoms with Crippen molar-refractivity contribution in [2.45, 2.75) is 38.1 Å². The van der Waals surface area contributed by atoms with Crippen LogP contribution in [-0.2, 0) is 6.42 Å². The summed E-state index contributed by atoms with van der Waals surface area (Å²) in [5.41, 5.74) is 9.47. The highest BCUT2D eigenvalue weighted by atomic mass is 16.2. The Bertz CT molecular complexity index is 365. The minimum Gasteiger partial charge on any atom is -0.399 e. The summed E-state index contributed by atoms with van der Waals surface area (Å²) in [5.74, 6) is 0. The van der Waals surface area contributed by atoms with Gasteiger partial charge in [-0.3, -0.25) is 0 Å². The van der Waals surface area contributed by atoms with E-state index in [9.17, 15) is 0 Å². The summed E-state index contributed by atoms with van der Waals surface area (Å²) in [4.78, 5) is 0. The van der Waals surface area contributed by atoms with Crippen LogP contribution in [0, 0.1) is 0 Å². The van der Waals surface area contributed by atoms with E-state index in [1.54, 1.807) is 0 Å². The first-order chi connectivity index (χ1) is 8.31. The molecule has 3 heteroatoms. The fourth-order valence-corrected chi connectivity index (χ4v) is 2.54. The molecule has 0 saturated carbocycles. The lowest BCUT2D eigenvalue weighted by Gasteiger charge is -2.14. The van der Waals surface area contributed by atoms with Gasteiger partial charge in [-0.1, -0.05) is 6.07 Å². The number of nitrogen functional groups attached to an aromatic ring is 1. The molecule has 1 aliphatic rings. The molecule has 3 nitrogen and oxygen atoms in total. The van der Waals surface area contributed by atoms with Crippen molar-refractivity contribution in [1.29, 1.82) is 0 Å². The Labute approximate surface area is 103 Å². The first-order valence-corrected chi connectivity index (χ1v) is 6.54. The highest BCUT2D eigenvalue weighted by molar-refractivity contribution is 5.47. The Morgan fingerprint density at radius 3 is 3.00 bits per heavy atom. The monoisotopic (exact) mass is 234 g/mol. The molecule has 1 atom stereocenters. The summed E-state index contributed by atoms with van der Waals surface area (Å²) in [6, 6.07) is 6.75. The van der Waals surface area contributed by atoms with Crippen molar-refractivity contribution in [3.8, 4) is 0 Å². The number of hydrogen-bond acceptors (Lipinski definition) is 3. The van der Waals surface area contributed by atoms with Crippen molar-refractivity contribution in [3.63, 3.8) is 0 Å². The quantitative estimate of drug-likeness (QED) is 0.521. The Kier molecular flexibility index (Phi) is 4.40. The van der Waals surface area contributed by atoms with Gasteiger partial charge >= 0.3 is 0 Å². The second-order valence-corrected chi connectivity index (χ2v) is 4.79. The van der Waals surface area contributed by atoms with Gasteiger partial charge in [0, 0.05) is 18.3 Å². The predicted octanol–water partition coefficient (Wildman–Crippen LogP) is 2.01. The van der Waals surface area contributed by atoms with Crippen molar-refractivity contribution in [3.05, 3.63) is 29.3 Å². The third kappa shape index (κ3) is 3.20. The number of fused-ring (bicyclic) bond motifs is 1. The molecular weight excluding hydrogens is 212 g/mol. The van der Waals surface area contributed by atoms with Crippen molar-refractivity contribution < 1.29 is 5.11 Å². The lowest BCUT2D eigenvalue weighted by Crippen LogP contribution is -2.20. The Morgan fingerprint density at radius 2 is 2.18 bits per heavy atom. The van der Waals surface area contributed by atoms with Gasteiger partial charge in [-0.15, -0.1) is 0 Å². The molecule has 0 amide bonds. The molecule has 0 saturated heterocycles. The molecule has 1 aromatic carbocycles. The van der Waals surface area contributed by atoms with E-state index in [2.05, 4.69) is 17.4 Å². The minimum atomic E-state index is 0.311. The molecule has 1 aromatic rings. The highest BCUT2D eigenvalue weighted by Gasteiger charge is 2.21. The fraction of sp³-hybridized carbons (Fsp3) is 0.571. The SMILES string of the molecule is Nc1ccc2c(c1)CCC2NCCCCCO. The van der Waals surface area contributed by atoms with Gasteiger partial charge < -0.3 is 16.2 Å². The van der Waals surface area contributed by atoms with Crippen molar-refractivity contribution >= 4 is 5.69 Å². The van der Waals surface area contributed by atoms with Crippen LogP contribution in [0.4, 0.5) is 5.69 Å². The molecule has 0 spiro atoms. The molecule has 1 unspecified atom stereocenters. The maximum absolute atomic E-state index is 8.70. The number of aliphatic hydroxyl groups excluding tert-OH is 1. The molecule has 1 aliphatic carbocycles. The average Bonchev–Trinajstić information content (AvgIpc) is 2.71. The van der Waals surface area contributed by atoms with Crippen LogP contribution >= 0.6 is 0 Å². The average molecular weight is 234 g/mol. The van der Waals surface area contributed by atoms with Crippen molar-refractivity contribution in [1.82, 2.24) is 5.32 Å². The van der Waals surface area contributed by atoms with Crippen LogP contribution < -0.4 is 11.1 Å². The highest BCUT2D eigenvalue weighted by Crippen LogP contribution is 2.32. The van der Waals surface area contributed by atoms with Gasteiger partial charge in [-0.25, -0.2) is 0 Å². The molecule has 0 aliphatic heterocycles. The van der Waals surface area contributed by atoms with Crippen molar-refractivity contribution in [2.75, 3.05) is 18.9 Å². The fourth-order valence-electron chi connectivity index (χ4n) is 2.54. The van der Waals surface area contributed by atoms with Gasteiger partial charge in [0.05, 0.1) is 0 Å². The van der Waals surface area contributed by atoms with Crippen LogP contribution in [0.2, 0.25) is 0 Å². The number of nitrogens with two attached hydrogens (primary N) is 1. The summed E-state index contributed by atoms with van der Waals surface area (Å²) < 4.78 is 0. The Hall–Kier alpha value is -1.06. The van der Waals surface area contributed by atoms with Crippen LogP contribution in [0.1, 0.15) is 42.9 Å². The minimum absolute atomic E-state index is 0.311. The summed E-state index contributed by atoms with van der Waals surface area (Å²) in [7, 11) is 0. The first-order valence-electron chi connectivity index (χ1n) is 6.54. The normalized spacial score (nSPS) is 18.3. The second kappa shape index (κ2) is 6.03. The number of unbranched alkanes of at least 4 members (excludes halogenated alkanes) is 2. The molecule has 0 fully saturated rings. The number of benzene rings is 1. The lowest BCUT2D eigenvalue weighted by molar-refractivity contribution is 0.282. The molecule has 0 aromatic heterocycles. The molecular formula is C14H22N2O. The van der Waals surface area contributed by atoms with E-state index in [4.69, 9.17) is 10.8 Å². The van der Waals surface area contributed by atoms with Crippen LogP contribution in [0.3, 0.4) is 0 Å². The van der Waals surface area contributed by atoms with Gasteiger partial charge in [0.25, 0.3) is 0 Å². The van der Waals surface area contributed by atoms with Gasteiger partial charge in [-0.05, 0) is 61.9 Å². The van der Waals surface area contributed by atoms with Gasteiger partial charge in [0.2, 0.25) is 0 Å². The zero-order valence-corrected chi connectivity index (χ0v) is 10.3. The predicted molar refractivity (Wildman–Crippen MR) is 70.9 cm³/mol. The van der Waals surface area contributed by atoms with Crippen molar-refractivity contribution in [2.24, 2.45) is 0 Å². The van der Waals surface area contributed by atoms with Crippen LogP contribution in [0.15, 0.2) is 18.2 Å². The zero-order chi connectivity index (χ0) is 12.1. The molecule has 17 heavy (non-hydrogen) atoms. The first kappa shape index (κ1) is 12.4. The third-order valence-corrected chi connectivity index (χ3v) is 3.47. The largest absolute Gasteiger partial charge is 0.399 e. The topological polar surface area (TPSA) is 58.3 Å². The van der Waals surface area contributed by atoms with Gasteiger partial charge in [0.1, 0.15) is 0 Å². The summed E-state index contributed by atoms with van der Waals surface area (Å²) in [6.07, 6.45) is 5.47. The lowest BCUT2D eigenvalue weighted by atomic mass is 10.1. The summed E-state index contributed by atoms with van der Waals surface area (Å²) >= 11 is 0. The smallest absolute Gasteiger partial charge is 0.0431 e. The van der Waals surface area contributed by atoms with E-state index in [1.807, 2.05) is 6.07 Å². The number of anilines is 1. The van der Waals surface area contributed by atoms with E-state index >= 15 is 0 Å². The Morgan fingerprint density at radius 1 is 1.29 bits per heavy atom. The second-order valence-electron chi connectivity index (χ2n) is 4.79. The van der Waals surface area contributed by atoms with Crippen LogP contribution in [0.5, 0.6) is 0 Å². The van der Waals surface area contributed by atoms with Gasteiger partial charge in [-0.2, -0.15) is 0 Å². The van der Waals surface area contributed by atoms with E-state index < -0.39 is 0 Å². The molecule has 2 rings (SSSR count). The zero-order valence-electron chi connectivity index (χ0n) is 10.3. The van der Waals surface area contributed by atoms with E-state index in [0.29, 0.717) is 12.6 Å². The van der Waals surface area contributed by atoms with E-state index in [1.165, 1.54) is 17.5 Å². The van der Waals surface area contributed by atoms with E-state index in [0.717, 1.165) is 37.9 Å². The molecule has 94 valence electrons. The molecule has 4 N–H and O–H groups in total. The maximum atomic E-state index is 8.70. The number of rotatable bonds is 6. The van der Waals surface area contributed by atoms with Crippen LogP contribution in [-0.4, -0.2) is 18.3 Å². The summed E-state index contributed by atoms with van der Waals surface area (Å²) in [5, 5.41) is 12.3. The summed E-state index contributed by atoms with van der Waals surface area (Å²) in [6.45, 7) is 1.35. The Balaban J connectivity index is 1.81. The maximum Gasteiger partial charge on any atom is 0.0431 e. The van der Waals surface area contributed by atoms with Gasteiger partial charge in [0.15, 0.2) is 0 Å². The molecule has 0 heterocycles. The number of nitrogens with one attached hydrogen (secondary N) is 1. The third-order valence-electron chi connectivity index (χ3n) is 3.47.